The minimum absolute atomic E-state index is 0.0591. The first kappa shape index (κ1) is 18.2. The fraction of sp³-hybridized carbons (Fsp3) is 0.364. The van der Waals surface area contributed by atoms with Gasteiger partial charge in [-0.15, -0.1) is 0 Å². The number of hydrogen-bond acceptors (Lipinski definition) is 2. The molecule has 0 spiro atoms. The first-order valence-corrected chi connectivity index (χ1v) is 9.16. The van der Waals surface area contributed by atoms with Crippen molar-refractivity contribution in [2.24, 2.45) is 5.92 Å². The minimum Gasteiger partial charge on any atom is -0.342 e. The molecule has 1 aliphatic heterocycles. The molecule has 0 N–H and O–H groups in total. The number of benzene rings is 2. The second-order valence-corrected chi connectivity index (χ2v) is 7.10. The van der Waals surface area contributed by atoms with E-state index in [2.05, 4.69) is 25.1 Å². The summed E-state index contributed by atoms with van der Waals surface area (Å²) in [6, 6.07) is 18.2. The third-order valence-corrected chi connectivity index (χ3v) is 5.12. The van der Waals surface area contributed by atoms with Crippen LogP contribution in [0.25, 0.3) is 0 Å². The molecule has 0 aromatic heterocycles. The van der Waals surface area contributed by atoms with Crippen LogP contribution in [0.2, 0.25) is 0 Å². The molecule has 1 heterocycles. The van der Waals surface area contributed by atoms with Crippen LogP contribution in [-0.4, -0.2) is 41.8 Å². The molecule has 3 rings (SSSR count). The summed E-state index contributed by atoms with van der Waals surface area (Å²) in [6.45, 7) is 3.84. The zero-order valence-electron chi connectivity index (χ0n) is 15.5. The second kappa shape index (κ2) is 8.17. The summed E-state index contributed by atoms with van der Waals surface area (Å²) in [5.41, 5.74) is 3.54. The number of carbonyl (C=O) groups is 2. The Kier molecular flexibility index (Phi) is 5.71. The van der Waals surface area contributed by atoms with Gasteiger partial charge in [-0.1, -0.05) is 54.6 Å². The summed E-state index contributed by atoms with van der Waals surface area (Å²) in [4.78, 5) is 28.7. The van der Waals surface area contributed by atoms with E-state index in [1.807, 2.05) is 48.3 Å². The van der Waals surface area contributed by atoms with Gasteiger partial charge in [-0.2, -0.15) is 0 Å². The average Bonchev–Trinajstić information content (AvgIpc) is 3.03. The van der Waals surface area contributed by atoms with Gasteiger partial charge in [-0.05, 0) is 30.0 Å². The van der Waals surface area contributed by atoms with Crippen LogP contribution in [0, 0.1) is 12.8 Å². The van der Waals surface area contributed by atoms with Crippen molar-refractivity contribution >= 4 is 11.8 Å². The van der Waals surface area contributed by atoms with E-state index in [0.717, 1.165) is 12.0 Å². The van der Waals surface area contributed by atoms with E-state index >= 15 is 0 Å². The second-order valence-electron chi connectivity index (χ2n) is 7.10. The lowest BCUT2D eigenvalue weighted by Gasteiger charge is -2.22. The van der Waals surface area contributed by atoms with Crippen LogP contribution < -0.4 is 0 Å². The maximum Gasteiger partial charge on any atom is 0.228 e. The molecule has 4 heteroatoms. The molecule has 26 heavy (non-hydrogen) atoms. The highest BCUT2D eigenvalue weighted by Gasteiger charge is 2.35. The molecule has 2 aromatic carbocycles. The van der Waals surface area contributed by atoms with Crippen LogP contribution in [0.3, 0.4) is 0 Å². The van der Waals surface area contributed by atoms with Gasteiger partial charge in [0, 0.05) is 33.1 Å². The first-order valence-electron chi connectivity index (χ1n) is 9.16. The number of likely N-dealkylation sites (tertiary alicyclic amines) is 1. The molecule has 2 aromatic rings. The van der Waals surface area contributed by atoms with Crippen molar-refractivity contribution in [1.82, 2.24) is 9.80 Å². The topological polar surface area (TPSA) is 40.6 Å². The van der Waals surface area contributed by atoms with E-state index in [1.165, 1.54) is 11.1 Å². The minimum atomic E-state index is -0.229. The molecule has 0 saturated carbocycles. The standard InChI is InChI=1S/C22H26N2O2/c1-17-8-6-7-11-19(17)15-23(2)22(26)20-14-21(25)24(16-20)13-12-18-9-4-3-5-10-18/h3-11,20H,12-16H2,1-2H3. The van der Waals surface area contributed by atoms with Crippen molar-refractivity contribution in [2.75, 3.05) is 20.1 Å². The molecule has 136 valence electrons. The van der Waals surface area contributed by atoms with Gasteiger partial charge in [0.15, 0.2) is 0 Å². The normalized spacial score (nSPS) is 16.8. The number of amides is 2. The number of rotatable bonds is 6. The fourth-order valence-electron chi connectivity index (χ4n) is 3.50. The monoisotopic (exact) mass is 350 g/mol. The highest BCUT2D eigenvalue weighted by molar-refractivity contribution is 5.89. The largest absolute Gasteiger partial charge is 0.342 e. The maximum absolute atomic E-state index is 12.8. The van der Waals surface area contributed by atoms with E-state index in [1.54, 1.807) is 4.90 Å². The van der Waals surface area contributed by atoms with Crippen LogP contribution >= 0.6 is 0 Å². The summed E-state index contributed by atoms with van der Waals surface area (Å²) < 4.78 is 0. The van der Waals surface area contributed by atoms with Gasteiger partial charge in [-0.3, -0.25) is 9.59 Å². The average molecular weight is 350 g/mol. The third kappa shape index (κ3) is 4.31. The lowest BCUT2D eigenvalue weighted by molar-refractivity contribution is -0.135. The van der Waals surface area contributed by atoms with Gasteiger partial charge in [0.05, 0.1) is 5.92 Å². The summed E-state index contributed by atoms with van der Waals surface area (Å²) in [5.74, 6) is -0.0836. The van der Waals surface area contributed by atoms with E-state index < -0.39 is 0 Å². The van der Waals surface area contributed by atoms with E-state index in [-0.39, 0.29) is 17.7 Å². The predicted octanol–water partition coefficient (Wildman–Crippen LogP) is 3.04. The Morgan fingerprint density at radius 1 is 1.12 bits per heavy atom. The highest BCUT2D eigenvalue weighted by atomic mass is 16.2. The molecule has 4 nitrogen and oxygen atoms in total. The summed E-state index contributed by atoms with van der Waals surface area (Å²) in [5, 5.41) is 0. The number of aryl methyl sites for hydroxylation is 1. The van der Waals surface area contributed by atoms with Crippen molar-refractivity contribution in [3.8, 4) is 0 Å². The zero-order chi connectivity index (χ0) is 18.5. The van der Waals surface area contributed by atoms with Crippen LogP contribution in [-0.2, 0) is 22.6 Å². The van der Waals surface area contributed by atoms with Gasteiger partial charge >= 0.3 is 0 Å². The van der Waals surface area contributed by atoms with Crippen LogP contribution in [0.15, 0.2) is 54.6 Å². The Balaban J connectivity index is 1.55. The summed E-state index contributed by atoms with van der Waals surface area (Å²) in [6.07, 6.45) is 1.15. The Bertz CT molecular complexity index is 773. The SMILES string of the molecule is Cc1ccccc1CN(C)C(=O)C1CC(=O)N(CCc2ccccc2)C1. The van der Waals surface area contributed by atoms with Crippen molar-refractivity contribution in [3.05, 3.63) is 71.3 Å². The molecule has 1 fully saturated rings. The number of nitrogens with zero attached hydrogens (tertiary/aromatic N) is 2. The lowest BCUT2D eigenvalue weighted by Crippen LogP contribution is -2.34. The van der Waals surface area contributed by atoms with E-state index in [0.29, 0.717) is 26.1 Å². The van der Waals surface area contributed by atoms with Crippen LogP contribution in [0.4, 0.5) is 0 Å². The van der Waals surface area contributed by atoms with Crippen LogP contribution in [0.5, 0.6) is 0 Å². The third-order valence-electron chi connectivity index (χ3n) is 5.12. The Morgan fingerprint density at radius 3 is 2.54 bits per heavy atom. The quantitative estimate of drug-likeness (QED) is 0.803. The van der Waals surface area contributed by atoms with Crippen LogP contribution in [0.1, 0.15) is 23.1 Å². The lowest BCUT2D eigenvalue weighted by atomic mass is 10.1. The molecule has 0 radical (unpaired) electrons. The molecule has 1 saturated heterocycles. The molecular formula is C22H26N2O2. The molecule has 0 bridgehead atoms. The molecule has 1 unspecified atom stereocenters. The molecule has 1 atom stereocenters. The first-order chi connectivity index (χ1) is 12.5. The Morgan fingerprint density at radius 2 is 1.81 bits per heavy atom. The van der Waals surface area contributed by atoms with Gasteiger partial charge < -0.3 is 9.80 Å². The smallest absolute Gasteiger partial charge is 0.228 e. The van der Waals surface area contributed by atoms with Crippen molar-refractivity contribution in [1.29, 1.82) is 0 Å². The molecular weight excluding hydrogens is 324 g/mol. The number of hydrogen-bond donors (Lipinski definition) is 0. The van der Waals surface area contributed by atoms with Gasteiger partial charge in [-0.25, -0.2) is 0 Å². The Labute approximate surface area is 155 Å². The predicted molar refractivity (Wildman–Crippen MR) is 102 cm³/mol. The van der Waals surface area contributed by atoms with Crippen molar-refractivity contribution in [2.45, 2.75) is 26.3 Å². The summed E-state index contributed by atoms with van der Waals surface area (Å²) >= 11 is 0. The zero-order valence-corrected chi connectivity index (χ0v) is 15.5. The maximum atomic E-state index is 12.8. The fourth-order valence-corrected chi connectivity index (χ4v) is 3.50. The molecule has 2 amide bonds. The van der Waals surface area contributed by atoms with Crippen molar-refractivity contribution in [3.63, 3.8) is 0 Å². The number of carbonyl (C=O) groups excluding carboxylic acids is 2. The van der Waals surface area contributed by atoms with Crippen molar-refractivity contribution < 1.29 is 9.59 Å². The van der Waals surface area contributed by atoms with Gasteiger partial charge in [0.2, 0.25) is 11.8 Å². The molecule has 0 aliphatic carbocycles. The summed E-state index contributed by atoms with van der Waals surface area (Å²) in [7, 11) is 1.83. The Hall–Kier alpha value is -2.62. The van der Waals surface area contributed by atoms with E-state index in [4.69, 9.17) is 0 Å². The molecule has 1 aliphatic rings. The van der Waals surface area contributed by atoms with Gasteiger partial charge in [0.25, 0.3) is 0 Å². The van der Waals surface area contributed by atoms with Gasteiger partial charge in [0.1, 0.15) is 0 Å². The van der Waals surface area contributed by atoms with E-state index in [9.17, 15) is 9.59 Å². The highest BCUT2D eigenvalue weighted by Crippen LogP contribution is 2.21.